The standard InChI is InChI=1S/C28H31NO/c1-27-11-5-7-23(27)25-22(19-8-9-20-17-29-13-10-18(20)14-19)15-21-6-3-4-12-28(21,2)26(25)24(30)16-27/h5-6,8-11,13-14,17,22-23,25-26H,3-4,7,12,15-16H2,1-2H3/t22?,23-,25-,26-,27-,28-/m0/s1. The van der Waals surface area contributed by atoms with E-state index in [4.69, 9.17) is 0 Å². The normalized spacial score (nSPS) is 39.9. The first-order chi connectivity index (χ1) is 14.5. The van der Waals surface area contributed by atoms with Crippen LogP contribution in [0.3, 0.4) is 0 Å². The average Bonchev–Trinajstić information content (AvgIpc) is 3.13. The predicted molar refractivity (Wildman–Crippen MR) is 121 cm³/mol. The Bertz CT molecular complexity index is 1100. The third-order valence-electron chi connectivity index (χ3n) is 9.20. The number of hydrogen-bond donors (Lipinski definition) is 0. The molecular formula is C28H31NO. The second-order valence-electron chi connectivity index (χ2n) is 10.8. The molecule has 0 amide bonds. The lowest BCUT2D eigenvalue weighted by Crippen LogP contribution is -2.55. The van der Waals surface area contributed by atoms with E-state index >= 15 is 0 Å². The molecule has 6 rings (SSSR count). The number of ketones is 1. The van der Waals surface area contributed by atoms with E-state index in [0.29, 0.717) is 23.5 Å². The lowest BCUT2D eigenvalue weighted by molar-refractivity contribution is -0.143. The second kappa shape index (κ2) is 6.39. The van der Waals surface area contributed by atoms with Crippen LogP contribution in [0.25, 0.3) is 10.8 Å². The largest absolute Gasteiger partial charge is 0.299 e. The number of carbonyl (C=O) groups is 1. The van der Waals surface area contributed by atoms with Crippen LogP contribution in [0.4, 0.5) is 0 Å². The Morgan fingerprint density at radius 2 is 2.03 bits per heavy atom. The molecule has 0 bridgehead atoms. The van der Waals surface area contributed by atoms with Crippen molar-refractivity contribution in [2.45, 2.75) is 58.3 Å². The summed E-state index contributed by atoms with van der Waals surface area (Å²) >= 11 is 0. The van der Waals surface area contributed by atoms with Crippen LogP contribution in [-0.2, 0) is 4.79 Å². The quantitative estimate of drug-likeness (QED) is 0.506. The maximum absolute atomic E-state index is 13.8. The fourth-order valence-corrected chi connectivity index (χ4v) is 7.75. The predicted octanol–water partition coefficient (Wildman–Crippen LogP) is 6.63. The van der Waals surface area contributed by atoms with E-state index < -0.39 is 0 Å². The Hall–Kier alpha value is -2.22. The number of aromatic nitrogens is 1. The molecule has 4 aliphatic rings. The Morgan fingerprint density at radius 1 is 1.13 bits per heavy atom. The van der Waals surface area contributed by atoms with Gasteiger partial charge in [-0.2, -0.15) is 0 Å². The summed E-state index contributed by atoms with van der Waals surface area (Å²) in [5, 5.41) is 2.46. The van der Waals surface area contributed by atoms with Crippen molar-refractivity contribution in [3.63, 3.8) is 0 Å². The maximum Gasteiger partial charge on any atom is 0.138 e. The van der Waals surface area contributed by atoms with Gasteiger partial charge in [0.15, 0.2) is 0 Å². The van der Waals surface area contributed by atoms with Crippen molar-refractivity contribution in [2.75, 3.05) is 0 Å². The molecule has 0 N–H and O–H groups in total. The molecule has 0 aliphatic heterocycles. The summed E-state index contributed by atoms with van der Waals surface area (Å²) in [6.07, 6.45) is 17.6. The van der Waals surface area contributed by atoms with Gasteiger partial charge in [-0.15, -0.1) is 0 Å². The minimum absolute atomic E-state index is 0.0452. The number of fused-ring (bicyclic) bond motifs is 6. The van der Waals surface area contributed by atoms with Crippen LogP contribution in [0.5, 0.6) is 0 Å². The molecule has 2 aromatic rings. The van der Waals surface area contributed by atoms with E-state index in [9.17, 15) is 4.79 Å². The number of allylic oxidation sites excluding steroid dienone is 4. The van der Waals surface area contributed by atoms with Crippen molar-refractivity contribution in [3.05, 3.63) is 66.0 Å². The van der Waals surface area contributed by atoms with Crippen LogP contribution in [0.1, 0.15) is 63.9 Å². The zero-order chi connectivity index (χ0) is 20.5. The van der Waals surface area contributed by atoms with Crippen LogP contribution in [0.2, 0.25) is 0 Å². The minimum atomic E-state index is 0.0452. The van der Waals surface area contributed by atoms with Gasteiger partial charge in [-0.1, -0.05) is 55.8 Å². The monoisotopic (exact) mass is 397 g/mol. The van der Waals surface area contributed by atoms with E-state index in [1.54, 1.807) is 5.57 Å². The molecule has 2 fully saturated rings. The average molecular weight is 398 g/mol. The smallest absolute Gasteiger partial charge is 0.138 e. The van der Waals surface area contributed by atoms with Gasteiger partial charge >= 0.3 is 0 Å². The number of hydrogen-bond acceptors (Lipinski definition) is 2. The van der Waals surface area contributed by atoms with E-state index in [0.717, 1.165) is 19.3 Å². The van der Waals surface area contributed by atoms with E-state index in [1.807, 2.05) is 12.4 Å². The number of Topliss-reactive ketones (excluding diaryl/α,β-unsaturated/α-hetero) is 1. The molecule has 30 heavy (non-hydrogen) atoms. The van der Waals surface area contributed by atoms with Gasteiger partial charge < -0.3 is 0 Å². The molecular weight excluding hydrogens is 366 g/mol. The van der Waals surface area contributed by atoms with Crippen LogP contribution in [0.15, 0.2) is 60.5 Å². The number of rotatable bonds is 1. The highest BCUT2D eigenvalue weighted by Gasteiger charge is 2.61. The number of carbonyl (C=O) groups excluding carboxylic acids is 1. The van der Waals surface area contributed by atoms with E-state index in [-0.39, 0.29) is 16.7 Å². The summed E-state index contributed by atoms with van der Waals surface area (Å²) in [6, 6.07) is 9.04. The van der Waals surface area contributed by atoms with Gasteiger partial charge in [-0.3, -0.25) is 9.78 Å². The Labute approximate surface area is 179 Å². The van der Waals surface area contributed by atoms with Gasteiger partial charge in [0.2, 0.25) is 0 Å². The van der Waals surface area contributed by atoms with Gasteiger partial charge in [-0.05, 0) is 77.7 Å². The molecule has 2 saturated carbocycles. The summed E-state index contributed by atoms with van der Waals surface area (Å²) in [4.78, 5) is 18.0. The zero-order valence-corrected chi connectivity index (χ0v) is 18.1. The van der Waals surface area contributed by atoms with Crippen LogP contribution < -0.4 is 0 Å². The number of pyridine rings is 1. The lowest BCUT2D eigenvalue weighted by Gasteiger charge is -2.59. The van der Waals surface area contributed by atoms with Gasteiger partial charge in [0.05, 0.1) is 0 Å². The highest BCUT2D eigenvalue weighted by atomic mass is 16.1. The van der Waals surface area contributed by atoms with Crippen molar-refractivity contribution < 1.29 is 4.79 Å². The van der Waals surface area contributed by atoms with Crippen molar-refractivity contribution in [1.82, 2.24) is 4.98 Å². The van der Waals surface area contributed by atoms with Crippen molar-refractivity contribution in [3.8, 4) is 0 Å². The Balaban J connectivity index is 1.52. The third kappa shape index (κ3) is 2.49. The number of benzene rings is 1. The first-order valence-electron chi connectivity index (χ1n) is 11.7. The molecule has 1 aromatic carbocycles. The SMILES string of the molecule is C[C@@]12C=CC[C@H]1[C@@H]1C(c3ccc4cnccc4c3)CC3=CCCC[C@]3(C)[C@H]1C(=O)C2. The topological polar surface area (TPSA) is 30.0 Å². The minimum Gasteiger partial charge on any atom is -0.299 e. The molecule has 0 radical (unpaired) electrons. The molecule has 1 aromatic heterocycles. The van der Waals surface area contributed by atoms with Crippen LogP contribution >= 0.6 is 0 Å². The molecule has 154 valence electrons. The Morgan fingerprint density at radius 3 is 2.93 bits per heavy atom. The van der Waals surface area contributed by atoms with Gasteiger partial charge in [0, 0.05) is 30.1 Å². The van der Waals surface area contributed by atoms with Gasteiger partial charge in [0.1, 0.15) is 5.78 Å². The van der Waals surface area contributed by atoms with Crippen LogP contribution in [0, 0.1) is 28.6 Å². The van der Waals surface area contributed by atoms with Crippen molar-refractivity contribution in [2.24, 2.45) is 28.6 Å². The zero-order valence-electron chi connectivity index (χ0n) is 18.1. The summed E-state index contributed by atoms with van der Waals surface area (Å²) in [5.41, 5.74) is 3.10. The first kappa shape index (κ1) is 18.5. The van der Waals surface area contributed by atoms with Gasteiger partial charge in [-0.25, -0.2) is 0 Å². The molecule has 1 unspecified atom stereocenters. The molecule has 0 spiro atoms. The lowest BCUT2D eigenvalue weighted by atomic mass is 9.44. The summed E-state index contributed by atoms with van der Waals surface area (Å²) in [7, 11) is 0. The fourth-order valence-electron chi connectivity index (χ4n) is 7.75. The molecule has 0 saturated heterocycles. The highest BCUT2D eigenvalue weighted by molar-refractivity contribution is 5.86. The molecule has 1 heterocycles. The summed E-state index contributed by atoms with van der Waals surface area (Å²) < 4.78 is 0. The highest BCUT2D eigenvalue weighted by Crippen LogP contribution is 2.66. The van der Waals surface area contributed by atoms with Crippen molar-refractivity contribution >= 4 is 16.6 Å². The fraction of sp³-hybridized carbons (Fsp3) is 0.500. The first-order valence-corrected chi connectivity index (χ1v) is 11.7. The second-order valence-corrected chi connectivity index (χ2v) is 10.8. The summed E-state index contributed by atoms with van der Waals surface area (Å²) in [5.74, 6) is 2.15. The Kier molecular flexibility index (Phi) is 3.95. The van der Waals surface area contributed by atoms with Crippen molar-refractivity contribution in [1.29, 1.82) is 0 Å². The molecule has 4 aliphatic carbocycles. The molecule has 2 heteroatoms. The molecule has 6 atom stereocenters. The molecule has 2 nitrogen and oxygen atoms in total. The third-order valence-corrected chi connectivity index (χ3v) is 9.20. The number of nitrogens with zero attached hydrogens (tertiary/aromatic N) is 1. The maximum atomic E-state index is 13.8. The van der Waals surface area contributed by atoms with E-state index in [2.05, 4.69) is 61.3 Å². The van der Waals surface area contributed by atoms with Gasteiger partial charge in [0.25, 0.3) is 0 Å². The van der Waals surface area contributed by atoms with Crippen LogP contribution in [-0.4, -0.2) is 10.8 Å². The van der Waals surface area contributed by atoms with E-state index in [1.165, 1.54) is 35.6 Å². The summed E-state index contributed by atoms with van der Waals surface area (Å²) in [6.45, 7) is 4.76.